The van der Waals surface area contributed by atoms with Crippen LogP contribution < -0.4 is 5.43 Å². The van der Waals surface area contributed by atoms with Crippen LogP contribution in [0.25, 0.3) is 0 Å². The number of thiophene rings is 1. The summed E-state index contributed by atoms with van der Waals surface area (Å²) in [5, 5.41) is 5.94. The van der Waals surface area contributed by atoms with Gasteiger partial charge in [0.15, 0.2) is 0 Å². The summed E-state index contributed by atoms with van der Waals surface area (Å²) in [4.78, 5) is 12.8. The average molecular weight is 323 g/mol. The molecule has 2 aromatic rings. The largest absolute Gasteiger partial charge is 0.271 e. The summed E-state index contributed by atoms with van der Waals surface area (Å²) in [6.45, 7) is 2.01. The standard InChI is InChI=1S/C13H11BrN2OS/c1-9-6-7-18-12(9)8-15-16-13(17)10-2-4-11(14)5-3-10/h2-8H,1H3,(H,16,17)/b15-8+. The third kappa shape index (κ3) is 3.27. The van der Waals surface area contributed by atoms with E-state index in [1.807, 2.05) is 30.5 Å². The Morgan fingerprint density at radius 2 is 2.06 bits per heavy atom. The highest BCUT2D eigenvalue weighted by Crippen LogP contribution is 2.12. The number of aryl methyl sites for hydroxylation is 1. The molecule has 2 rings (SSSR count). The van der Waals surface area contributed by atoms with E-state index in [0.29, 0.717) is 5.56 Å². The lowest BCUT2D eigenvalue weighted by Gasteiger charge is -1.99. The monoisotopic (exact) mass is 322 g/mol. The summed E-state index contributed by atoms with van der Waals surface area (Å²) in [6, 6.07) is 9.14. The zero-order valence-electron chi connectivity index (χ0n) is 9.68. The minimum absolute atomic E-state index is 0.215. The van der Waals surface area contributed by atoms with Crippen molar-refractivity contribution in [2.75, 3.05) is 0 Å². The molecule has 1 N–H and O–H groups in total. The van der Waals surface area contributed by atoms with Crippen LogP contribution in [0.2, 0.25) is 0 Å². The van der Waals surface area contributed by atoms with Crippen LogP contribution in [0, 0.1) is 6.92 Å². The lowest BCUT2D eigenvalue weighted by molar-refractivity contribution is 0.0955. The Morgan fingerprint density at radius 3 is 2.67 bits per heavy atom. The van der Waals surface area contributed by atoms with Gasteiger partial charge in [-0.05, 0) is 48.2 Å². The third-order valence-electron chi connectivity index (χ3n) is 2.36. The minimum Gasteiger partial charge on any atom is -0.267 e. The molecule has 0 saturated heterocycles. The quantitative estimate of drug-likeness (QED) is 0.681. The first-order valence-electron chi connectivity index (χ1n) is 5.30. The van der Waals surface area contributed by atoms with Gasteiger partial charge in [0, 0.05) is 14.9 Å². The fourth-order valence-corrected chi connectivity index (χ4v) is 2.38. The number of nitrogens with zero attached hydrogens (tertiary/aromatic N) is 1. The zero-order valence-corrected chi connectivity index (χ0v) is 12.1. The van der Waals surface area contributed by atoms with Gasteiger partial charge in [-0.1, -0.05) is 15.9 Å². The smallest absolute Gasteiger partial charge is 0.267 e. The number of hydrogen-bond donors (Lipinski definition) is 1. The van der Waals surface area contributed by atoms with Crippen molar-refractivity contribution in [3.8, 4) is 0 Å². The summed E-state index contributed by atoms with van der Waals surface area (Å²) < 4.78 is 0.941. The molecule has 0 saturated carbocycles. The molecule has 1 aromatic carbocycles. The van der Waals surface area contributed by atoms with Crippen molar-refractivity contribution in [2.45, 2.75) is 6.92 Å². The Labute approximate surface area is 118 Å². The van der Waals surface area contributed by atoms with Gasteiger partial charge in [0.05, 0.1) is 6.21 Å². The molecule has 0 spiro atoms. The molecule has 0 bridgehead atoms. The Morgan fingerprint density at radius 1 is 1.33 bits per heavy atom. The van der Waals surface area contributed by atoms with E-state index >= 15 is 0 Å². The second-order valence-electron chi connectivity index (χ2n) is 3.67. The predicted octanol–water partition coefficient (Wildman–Crippen LogP) is 3.58. The van der Waals surface area contributed by atoms with Crippen molar-refractivity contribution in [3.05, 3.63) is 56.2 Å². The van der Waals surface area contributed by atoms with Gasteiger partial charge >= 0.3 is 0 Å². The SMILES string of the molecule is Cc1ccsc1/C=N/NC(=O)c1ccc(Br)cc1. The van der Waals surface area contributed by atoms with E-state index in [0.717, 1.165) is 14.9 Å². The van der Waals surface area contributed by atoms with Crippen molar-refractivity contribution < 1.29 is 4.79 Å². The number of benzene rings is 1. The first kappa shape index (κ1) is 13.0. The molecule has 1 heterocycles. The molecule has 3 nitrogen and oxygen atoms in total. The van der Waals surface area contributed by atoms with E-state index in [2.05, 4.69) is 26.5 Å². The number of carbonyl (C=O) groups excluding carboxylic acids is 1. The molecule has 1 aromatic heterocycles. The summed E-state index contributed by atoms with van der Waals surface area (Å²) in [5.74, 6) is -0.215. The molecule has 0 aliphatic heterocycles. The number of carbonyl (C=O) groups is 1. The lowest BCUT2D eigenvalue weighted by atomic mass is 10.2. The van der Waals surface area contributed by atoms with E-state index in [1.54, 1.807) is 29.7 Å². The highest BCUT2D eigenvalue weighted by atomic mass is 79.9. The highest BCUT2D eigenvalue weighted by molar-refractivity contribution is 9.10. The van der Waals surface area contributed by atoms with E-state index < -0.39 is 0 Å². The van der Waals surface area contributed by atoms with E-state index in [-0.39, 0.29) is 5.91 Å². The Balaban J connectivity index is 1.98. The molecule has 0 fully saturated rings. The number of hydrogen-bond acceptors (Lipinski definition) is 3. The Bertz CT molecular complexity index is 575. The van der Waals surface area contributed by atoms with Gasteiger partial charge < -0.3 is 0 Å². The van der Waals surface area contributed by atoms with Crippen LogP contribution in [-0.2, 0) is 0 Å². The third-order valence-corrected chi connectivity index (χ3v) is 3.84. The lowest BCUT2D eigenvalue weighted by Crippen LogP contribution is -2.17. The van der Waals surface area contributed by atoms with Gasteiger partial charge in [0.2, 0.25) is 0 Å². The molecule has 92 valence electrons. The molecule has 0 radical (unpaired) electrons. The van der Waals surface area contributed by atoms with Crippen LogP contribution >= 0.6 is 27.3 Å². The predicted molar refractivity (Wildman–Crippen MR) is 78.3 cm³/mol. The normalized spacial score (nSPS) is 10.8. The second kappa shape index (κ2) is 5.93. The molecule has 0 aliphatic carbocycles. The topological polar surface area (TPSA) is 41.5 Å². The molecule has 0 atom stereocenters. The number of amides is 1. The van der Waals surface area contributed by atoms with Gasteiger partial charge in [-0.25, -0.2) is 5.43 Å². The van der Waals surface area contributed by atoms with Crippen LogP contribution in [0.15, 0.2) is 45.3 Å². The molecule has 18 heavy (non-hydrogen) atoms. The number of hydrazone groups is 1. The Hall–Kier alpha value is -1.46. The van der Waals surface area contributed by atoms with Crippen LogP contribution in [0.5, 0.6) is 0 Å². The van der Waals surface area contributed by atoms with Gasteiger partial charge in [-0.2, -0.15) is 5.10 Å². The van der Waals surface area contributed by atoms with Crippen LogP contribution in [-0.4, -0.2) is 12.1 Å². The van der Waals surface area contributed by atoms with Crippen molar-refractivity contribution in [1.82, 2.24) is 5.43 Å². The summed E-state index contributed by atoms with van der Waals surface area (Å²) in [5.41, 5.74) is 4.24. The second-order valence-corrected chi connectivity index (χ2v) is 5.54. The zero-order chi connectivity index (χ0) is 13.0. The van der Waals surface area contributed by atoms with Crippen LogP contribution in [0.1, 0.15) is 20.8 Å². The fraction of sp³-hybridized carbons (Fsp3) is 0.0769. The van der Waals surface area contributed by atoms with Crippen molar-refractivity contribution in [2.24, 2.45) is 5.10 Å². The van der Waals surface area contributed by atoms with E-state index in [1.165, 1.54) is 0 Å². The molecule has 0 unspecified atom stereocenters. The molecular weight excluding hydrogens is 312 g/mol. The maximum absolute atomic E-state index is 11.7. The average Bonchev–Trinajstić information content (AvgIpc) is 2.76. The minimum atomic E-state index is -0.215. The van der Waals surface area contributed by atoms with Crippen molar-refractivity contribution >= 4 is 39.4 Å². The first-order chi connectivity index (χ1) is 8.66. The maximum Gasteiger partial charge on any atom is 0.271 e. The maximum atomic E-state index is 11.7. The van der Waals surface area contributed by atoms with Crippen LogP contribution in [0.4, 0.5) is 0 Å². The molecular formula is C13H11BrN2OS. The van der Waals surface area contributed by atoms with E-state index in [4.69, 9.17) is 0 Å². The summed E-state index contributed by atoms with van der Waals surface area (Å²) >= 11 is 4.91. The van der Waals surface area contributed by atoms with Crippen LogP contribution in [0.3, 0.4) is 0 Å². The summed E-state index contributed by atoms with van der Waals surface area (Å²) in [7, 11) is 0. The van der Waals surface area contributed by atoms with E-state index in [9.17, 15) is 4.79 Å². The van der Waals surface area contributed by atoms with Crippen molar-refractivity contribution in [1.29, 1.82) is 0 Å². The number of nitrogens with one attached hydrogen (secondary N) is 1. The summed E-state index contributed by atoms with van der Waals surface area (Å²) in [6.07, 6.45) is 1.66. The van der Waals surface area contributed by atoms with Gasteiger partial charge in [-0.15, -0.1) is 11.3 Å². The van der Waals surface area contributed by atoms with Gasteiger partial charge in [0.25, 0.3) is 5.91 Å². The first-order valence-corrected chi connectivity index (χ1v) is 6.97. The fourth-order valence-electron chi connectivity index (χ4n) is 1.33. The molecule has 1 amide bonds. The molecule has 5 heteroatoms. The van der Waals surface area contributed by atoms with Gasteiger partial charge in [0.1, 0.15) is 0 Å². The number of rotatable bonds is 3. The Kier molecular flexibility index (Phi) is 4.28. The van der Waals surface area contributed by atoms with Crippen molar-refractivity contribution in [3.63, 3.8) is 0 Å². The van der Waals surface area contributed by atoms with Gasteiger partial charge in [-0.3, -0.25) is 4.79 Å². The number of halogens is 1. The highest BCUT2D eigenvalue weighted by Gasteiger charge is 2.03. The molecule has 0 aliphatic rings.